The van der Waals surface area contributed by atoms with Gasteiger partial charge in [0.05, 0.1) is 11.0 Å². The van der Waals surface area contributed by atoms with E-state index < -0.39 is 4.92 Å². The number of pyridine rings is 1. The van der Waals surface area contributed by atoms with Crippen LogP contribution in [0.5, 0.6) is 0 Å². The van der Waals surface area contributed by atoms with E-state index >= 15 is 0 Å². The van der Waals surface area contributed by atoms with E-state index in [1.54, 1.807) is 6.92 Å². The molecule has 1 N–H and O–H groups in total. The molecule has 2 rings (SSSR count). The molecule has 0 radical (unpaired) electrons. The molecule has 0 unspecified atom stereocenters. The summed E-state index contributed by atoms with van der Waals surface area (Å²) in [5.41, 5.74) is 0.775. The highest BCUT2D eigenvalue weighted by atomic mass is 16.6. The van der Waals surface area contributed by atoms with E-state index in [0.717, 1.165) is 30.8 Å². The minimum absolute atomic E-state index is 0.00353. The summed E-state index contributed by atoms with van der Waals surface area (Å²) in [5, 5.41) is 20.2. The van der Waals surface area contributed by atoms with E-state index in [2.05, 4.69) is 4.98 Å². The van der Waals surface area contributed by atoms with Crippen LogP contribution in [0.15, 0.2) is 12.3 Å². The van der Waals surface area contributed by atoms with E-state index in [4.69, 9.17) is 0 Å². The minimum Gasteiger partial charge on any atom is -0.391 e. The smallest absolute Gasteiger partial charge is 0.287 e. The molecule has 0 aromatic carbocycles. The maximum absolute atomic E-state index is 10.6. The molecule has 6 heteroatoms. The summed E-state index contributed by atoms with van der Waals surface area (Å²) in [5.74, 6) is 0.731. The Hall–Kier alpha value is -1.69. The number of aliphatic hydroxyl groups is 1. The second-order valence-corrected chi connectivity index (χ2v) is 4.33. The highest BCUT2D eigenvalue weighted by molar-refractivity contribution is 5.50. The second-order valence-electron chi connectivity index (χ2n) is 4.33. The van der Waals surface area contributed by atoms with Crippen LogP contribution in [0.4, 0.5) is 11.5 Å². The van der Waals surface area contributed by atoms with Gasteiger partial charge in [-0.2, -0.15) is 0 Å². The molecule has 1 aliphatic rings. The van der Waals surface area contributed by atoms with E-state index in [9.17, 15) is 15.2 Å². The predicted octanol–water partition coefficient (Wildman–Crippen LogP) is 1.26. The number of hydrogen-bond acceptors (Lipinski definition) is 5. The quantitative estimate of drug-likeness (QED) is 0.618. The van der Waals surface area contributed by atoms with Gasteiger partial charge < -0.3 is 10.0 Å². The molecule has 0 spiro atoms. The first-order chi connectivity index (χ1) is 8.08. The number of aromatic nitrogens is 1. The van der Waals surface area contributed by atoms with Crippen LogP contribution in [-0.2, 0) is 0 Å². The van der Waals surface area contributed by atoms with Gasteiger partial charge in [-0.25, -0.2) is 4.98 Å². The third-order valence-electron chi connectivity index (χ3n) is 2.94. The Morgan fingerprint density at radius 2 is 2.41 bits per heavy atom. The molecule has 1 aliphatic heterocycles. The molecule has 92 valence electrons. The fraction of sp³-hybridized carbons (Fsp3) is 0.545. The van der Waals surface area contributed by atoms with Gasteiger partial charge in [0.25, 0.3) is 5.69 Å². The molecule has 0 aliphatic carbocycles. The zero-order valence-electron chi connectivity index (χ0n) is 9.67. The highest BCUT2D eigenvalue weighted by Crippen LogP contribution is 2.24. The number of aliphatic hydroxyl groups excluding tert-OH is 1. The van der Waals surface area contributed by atoms with Gasteiger partial charge in [0, 0.05) is 19.2 Å². The lowest BCUT2D eigenvalue weighted by molar-refractivity contribution is -0.385. The standard InChI is InChI=1S/C11H15N3O3/c1-8-5-9(14(16)17)6-12-11(8)13-4-2-3-10(15)7-13/h5-6,10,15H,2-4,7H2,1H3/t10-/m0/s1. The molecule has 17 heavy (non-hydrogen) atoms. The molecule has 1 saturated heterocycles. The third kappa shape index (κ3) is 2.52. The number of nitrogens with zero attached hydrogens (tertiary/aromatic N) is 3. The average Bonchev–Trinajstić information content (AvgIpc) is 2.28. The van der Waals surface area contributed by atoms with Crippen LogP contribution in [0.1, 0.15) is 18.4 Å². The Morgan fingerprint density at radius 3 is 3.00 bits per heavy atom. The van der Waals surface area contributed by atoms with Crippen molar-refractivity contribution in [3.63, 3.8) is 0 Å². The molecule has 1 aromatic rings. The van der Waals surface area contributed by atoms with Gasteiger partial charge in [-0.15, -0.1) is 0 Å². The van der Waals surface area contributed by atoms with Crippen molar-refractivity contribution in [2.45, 2.75) is 25.9 Å². The van der Waals surface area contributed by atoms with Gasteiger partial charge in [0.1, 0.15) is 12.0 Å². The van der Waals surface area contributed by atoms with Crippen LogP contribution >= 0.6 is 0 Å². The Balaban J connectivity index is 2.23. The summed E-state index contributed by atoms with van der Waals surface area (Å²) < 4.78 is 0. The van der Waals surface area contributed by atoms with Crippen LogP contribution in [0, 0.1) is 17.0 Å². The van der Waals surface area contributed by atoms with Crippen molar-refractivity contribution < 1.29 is 10.0 Å². The summed E-state index contributed by atoms with van der Waals surface area (Å²) in [6, 6.07) is 1.52. The van der Waals surface area contributed by atoms with E-state index in [0.29, 0.717) is 6.54 Å². The fourth-order valence-corrected chi connectivity index (χ4v) is 2.13. The van der Waals surface area contributed by atoms with Gasteiger partial charge in [0.2, 0.25) is 0 Å². The van der Waals surface area contributed by atoms with Gasteiger partial charge in [0.15, 0.2) is 0 Å². The monoisotopic (exact) mass is 237 g/mol. The maximum atomic E-state index is 10.6. The van der Waals surface area contributed by atoms with Crippen LogP contribution in [0.25, 0.3) is 0 Å². The molecular weight excluding hydrogens is 222 g/mol. The average molecular weight is 237 g/mol. The molecule has 2 heterocycles. The van der Waals surface area contributed by atoms with Crippen LogP contribution in [-0.4, -0.2) is 34.2 Å². The number of rotatable bonds is 2. The second kappa shape index (κ2) is 4.67. The topological polar surface area (TPSA) is 79.5 Å². The van der Waals surface area contributed by atoms with E-state index in [1.165, 1.54) is 12.3 Å². The van der Waals surface area contributed by atoms with Crippen molar-refractivity contribution in [2.75, 3.05) is 18.0 Å². The fourth-order valence-electron chi connectivity index (χ4n) is 2.13. The van der Waals surface area contributed by atoms with Crippen LogP contribution < -0.4 is 4.90 Å². The van der Waals surface area contributed by atoms with Crippen LogP contribution in [0.3, 0.4) is 0 Å². The lowest BCUT2D eigenvalue weighted by atomic mass is 10.1. The van der Waals surface area contributed by atoms with Gasteiger partial charge >= 0.3 is 0 Å². The molecular formula is C11H15N3O3. The molecule has 1 fully saturated rings. The van der Waals surface area contributed by atoms with E-state index in [1.807, 2.05) is 4.90 Å². The van der Waals surface area contributed by atoms with Gasteiger partial charge in [-0.1, -0.05) is 0 Å². The molecule has 1 atom stereocenters. The Kier molecular flexibility index (Phi) is 3.23. The van der Waals surface area contributed by atoms with Gasteiger partial charge in [-0.3, -0.25) is 10.1 Å². The summed E-state index contributed by atoms with van der Waals surface area (Å²) in [6.45, 7) is 3.19. The summed E-state index contributed by atoms with van der Waals surface area (Å²) >= 11 is 0. The summed E-state index contributed by atoms with van der Waals surface area (Å²) in [6.07, 6.45) is 2.66. The van der Waals surface area contributed by atoms with Crippen molar-refractivity contribution in [2.24, 2.45) is 0 Å². The highest BCUT2D eigenvalue weighted by Gasteiger charge is 2.21. The van der Waals surface area contributed by atoms with Crippen molar-refractivity contribution in [1.29, 1.82) is 0 Å². The number of aryl methyl sites for hydroxylation is 1. The lowest BCUT2D eigenvalue weighted by Gasteiger charge is -2.31. The van der Waals surface area contributed by atoms with E-state index in [-0.39, 0.29) is 11.8 Å². The van der Waals surface area contributed by atoms with Crippen molar-refractivity contribution in [3.8, 4) is 0 Å². The summed E-state index contributed by atoms with van der Waals surface area (Å²) in [7, 11) is 0. The normalized spacial score (nSPS) is 20.4. The number of β-amino-alcohol motifs (C(OH)–C–C–N with tert-alkyl or cyclic N) is 1. The zero-order chi connectivity index (χ0) is 12.4. The number of anilines is 1. The Labute approximate surface area is 99.0 Å². The van der Waals surface area contributed by atoms with Crippen LogP contribution in [0.2, 0.25) is 0 Å². The predicted molar refractivity (Wildman–Crippen MR) is 63.1 cm³/mol. The van der Waals surface area contributed by atoms with Crippen molar-refractivity contribution in [3.05, 3.63) is 27.9 Å². The maximum Gasteiger partial charge on any atom is 0.287 e. The first-order valence-corrected chi connectivity index (χ1v) is 5.62. The SMILES string of the molecule is Cc1cc([N+](=O)[O-])cnc1N1CCC[C@H](O)C1. The Bertz CT molecular complexity index is 436. The third-order valence-corrected chi connectivity index (χ3v) is 2.94. The summed E-state index contributed by atoms with van der Waals surface area (Å²) in [4.78, 5) is 16.3. The number of piperidine rings is 1. The lowest BCUT2D eigenvalue weighted by Crippen LogP contribution is -2.39. The Morgan fingerprint density at radius 1 is 1.65 bits per heavy atom. The van der Waals surface area contributed by atoms with Crippen molar-refractivity contribution >= 4 is 11.5 Å². The molecule has 1 aromatic heterocycles. The van der Waals surface area contributed by atoms with Gasteiger partial charge in [-0.05, 0) is 25.3 Å². The number of hydrogen-bond donors (Lipinski definition) is 1. The molecule has 0 bridgehead atoms. The molecule has 0 saturated carbocycles. The molecule has 0 amide bonds. The number of nitro groups is 1. The molecule has 6 nitrogen and oxygen atoms in total. The zero-order valence-corrected chi connectivity index (χ0v) is 9.67. The first kappa shape index (κ1) is 11.8. The minimum atomic E-state index is -0.450. The van der Waals surface area contributed by atoms with Crippen molar-refractivity contribution in [1.82, 2.24) is 4.98 Å². The largest absolute Gasteiger partial charge is 0.391 e. The first-order valence-electron chi connectivity index (χ1n) is 5.62.